The number of benzene rings is 1. The highest BCUT2D eigenvalue weighted by molar-refractivity contribution is 6.01. The Bertz CT molecular complexity index is 929. The molecule has 2 heterocycles. The summed E-state index contributed by atoms with van der Waals surface area (Å²) in [6.45, 7) is 0. The largest absolute Gasteiger partial charge is 0.496 e. The number of anilines is 1. The molecule has 7 heteroatoms. The fourth-order valence-corrected chi connectivity index (χ4v) is 3.70. The van der Waals surface area contributed by atoms with Crippen molar-refractivity contribution in [3.63, 3.8) is 0 Å². The molecule has 0 saturated heterocycles. The highest BCUT2D eigenvalue weighted by atomic mass is 16.5. The lowest BCUT2D eigenvalue weighted by atomic mass is 9.85. The number of aromatic nitrogens is 2. The van der Waals surface area contributed by atoms with E-state index < -0.39 is 12.0 Å². The van der Waals surface area contributed by atoms with Crippen molar-refractivity contribution in [2.75, 3.05) is 19.5 Å². The Kier molecular flexibility index (Phi) is 3.99. The monoisotopic (exact) mass is 353 g/mol. The quantitative estimate of drug-likeness (QED) is 0.855. The van der Waals surface area contributed by atoms with Crippen LogP contribution < -0.4 is 10.1 Å². The first kappa shape index (κ1) is 16.4. The number of hydrogen-bond donors (Lipinski definition) is 1. The number of nitrogens with zero attached hydrogens (tertiary/aromatic N) is 2. The van der Waals surface area contributed by atoms with Gasteiger partial charge in [-0.3, -0.25) is 4.79 Å². The summed E-state index contributed by atoms with van der Waals surface area (Å²) in [6, 6.07) is 7.12. The van der Waals surface area contributed by atoms with Gasteiger partial charge in [0.15, 0.2) is 5.78 Å². The molecule has 0 unspecified atom stereocenters. The predicted octanol–water partition coefficient (Wildman–Crippen LogP) is 2.70. The number of hydrogen-bond acceptors (Lipinski definition) is 6. The van der Waals surface area contributed by atoms with Crippen molar-refractivity contribution in [2.24, 2.45) is 0 Å². The number of methoxy groups -OCH3 is 2. The van der Waals surface area contributed by atoms with Crippen molar-refractivity contribution in [1.29, 1.82) is 0 Å². The van der Waals surface area contributed by atoms with Crippen LogP contribution in [0.2, 0.25) is 0 Å². The van der Waals surface area contributed by atoms with Gasteiger partial charge < -0.3 is 14.8 Å². The maximum absolute atomic E-state index is 12.7. The summed E-state index contributed by atoms with van der Waals surface area (Å²) in [5.41, 5.74) is 2.71. The minimum absolute atomic E-state index is 0.0930. The van der Waals surface area contributed by atoms with Crippen LogP contribution in [0, 0.1) is 0 Å². The number of ether oxygens (including phenoxy) is 2. The number of carbonyl (C=O) groups is 2. The summed E-state index contributed by atoms with van der Waals surface area (Å²) < 4.78 is 12.1. The second-order valence-corrected chi connectivity index (χ2v) is 6.28. The number of rotatable bonds is 3. The maximum Gasteiger partial charge on any atom is 0.343 e. The lowest BCUT2D eigenvalue weighted by Gasteiger charge is -2.33. The summed E-state index contributed by atoms with van der Waals surface area (Å²) in [5, 5.41) is 7.64. The van der Waals surface area contributed by atoms with E-state index in [0.29, 0.717) is 29.1 Å². The Balaban J connectivity index is 1.95. The Labute approximate surface area is 150 Å². The molecule has 1 aliphatic carbocycles. The molecular weight excluding hydrogens is 334 g/mol. The van der Waals surface area contributed by atoms with Gasteiger partial charge in [0, 0.05) is 23.3 Å². The van der Waals surface area contributed by atoms with Crippen LogP contribution in [0.25, 0.3) is 0 Å². The highest BCUT2D eigenvalue weighted by Gasteiger charge is 2.38. The molecule has 0 radical (unpaired) electrons. The van der Waals surface area contributed by atoms with Crippen LogP contribution in [0.4, 0.5) is 5.82 Å². The van der Waals surface area contributed by atoms with E-state index in [1.165, 1.54) is 13.3 Å². The molecule has 0 saturated carbocycles. The standard InChI is InChI=1S/C19H19N3O4/c1-25-15-9-4-3-6-11(15)17-16-13(7-5-8-14(16)23)21-18-12(19(24)26-2)10-20-22(17)18/h3-4,6,9-10,17,21H,5,7-8H2,1-2H3/t17-/m1/s1. The summed E-state index contributed by atoms with van der Waals surface area (Å²) in [5.74, 6) is 0.839. The second kappa shape index (κ2) is 6.33. The average Bonchev–Trinajstić information content (AvgIpc) is 3.09. The van der Waals surface area contributed by atoms with Crippen LogP contribution >= 0.6 is 0 Å². The number of Topliss-reactive ketones (excluding diaryl/α,β-unsaturated/α-hetero) is 1. The van der Waals surface area contributed by atoms with Gasteiger partial charge in [-0.2, -0.15) is 5.10 Å². The zero-order valence-electron chi connectivity index (χ0n) is 14.6. The third-order valence-electron chi connectivity index (χ3n) is 4.88. The molecule has 4 rings (SSSR count). The minimum Gasteiger partial charge on any atom is -0.496 e. The average molecular weight is 353 g/mol. The van der Waals surface area contributed by atoms with Crippen molar-refractivity contribution in [3.05, 3.63) is 52.9 Å². The molecule has 0 spiro atoms. The van der Waals surface area contributed by atoms with Crippen molar-refractivity contribution < 1.29 is 19.1 Å². The van der Waals surface area contributed by atoms with Crippen molar-refractivity contribution in [1.82, 2.24) is 9.78 Å². The molecular formula is C19H19N3O4. The number of nitrogens with one attached hydrogen (secondary N) is 1. The second-order valence-electron chi connectivity index (χ2n) is 6.28. The topological polar surface area (TPSA) is 82.5 Å². The fourth-order valence-electron chi connectivity index (χ4n) is 3.70. The van der Waals surface area contributed by atoms with E-state index in [-0.39, 0.29) is 5.78 Å². The molecule has 1 atom stereocenters. The Morgan fingerprint density at radius 2 is 2.08 bits per heavy atom. The molecule has 134 valence electrons. The zero-order chi connectivity index (χ0) is 18.3. The number of fused-ring (bicyclic) bond motifs is 1. The number of carbonyl (C=O) groups excluding carboxylic acids is 2. The molecule has 2 aliphatic rings. The number of ketones is 1. The first-order valence-electron chi connectivity index (χ1n) is 8.47. The number of para-hydroxylation sites is 1. The van der Waals surface area contributed by atoms with Gasteiger partial charge in [0.1, 0.15) is 23.2 Å². The Morgan fingerprint density at radius 1 is 1.27 bits per heavy atom. The van der Waals surface area contributed by atoms with Crippen LogP contribution in [0.15, 0.2) is 41.7 Å². The van der Waals surface area contributed by atoms with E-state index in [0.717, 1.165) is 24.1 Å². The van der Waals surface area contributed by atoms with Crippen LogP contribution in [0.1, 0.15) is 41.2 Å². The lowest BCUT2D eigenvalue weighted by Crippen LogP contribution is -2.32. The lowest BCUT2D eigenvalue weighted by molar-refractivity contribution is -0.116. The van der Waals surface area contributed by atoms with Gasteiger partial charge in [-0.25, -0.2) is 9.48 Å². The van der Waals surface area contributed by atoms with Crippen LogP contribution in [-0.2, 0) is 9.53 Å². The summed E-state index contributed by atoms with van der Waals surface area (Å²) in [4.78, 5) is 24.9. The molecule has 26 heavy (non-hydrogen) atoms. The summed E-state index contributed by atoms with van der Waals surface area (Å²) in [6.07, 6.45) is 3.51. The fraction of sp³-hybridized carbons (Fsp3) is 0.316. The van der Waals surface area contributed by atoms with Crippen LogP contribution in [0.5, 0.6) is 5.75 Å². The first-order chi connectivity index (χ1) is 12.7. The van der Waals surface area contributed by atoms with E-state index in [9.17, 15) is 9.59 Å². The molecule has 0 bridgehead atoms. The van der Waals surface area contributed by atoms with Crippen LogP contribution in [-0.4, -0.2) is 35.8 Å². The normalized spacial score (nSPS) is 18.7. The van der Waals surface area contributed by atoms with Crippen molar-refractivity contribution in [2.45, 2.75) is 25.3 Å². The highest BCUT2D eigenvalue weighted by Crippen LogP contribution is 2.43. The molecule has 1 N–H and O–H groups in total. The van der Waals surface area contributed by atoms with Crippen molar-refractivity contribution in [3.8, 4) is 5.75 Å². The third-order valence-corrected chi connectivity index (χ3v) is 4.88. The predicted molar refractivity (Wildman–Crippen MR) is 94.2 cm³/mol. The van der Waals surface area contributed by atoms with Crippen molar-refractivity contribution >= 4 is 17.6 Å². The molecule has 2 aromatic rings. The smallest absolute Gasteiger partial charge is 0.343 e. The van der Waals surface area contributed by atoms with Gasteiger partial charge in [0.05, 0.1) is 20.4 Å². The number of allylic oxidation sites excluding steroid dienone is 2. The third kappa shape index (κ3) is 2.39. The Morgan fingerprint density at radius 3 is 2.85 bits per heavy atom. The van der Waals surface area contributed by atoms with E-state index in [1.807, 2.05) is 24.3 Å². The summed E-state index contributed by atoms with van der Waals surface area (Å²) >= 11 is 0. The zero-order valence-corrected chi connectivity index (χ0v) is 14.6. The molecule has 0 amide bonds. The maximum atomic E-state index is 12.7. The van der Waals surface area contributed by atoms with E-state index in [2.05, 4.69) is 10.4 Å². The minimum atomic E-state index is -0.469. The molecule has 1 aliphatic heterocycles. The molecule has 1 aromatic heterocycles. The molecule has 7 nitrogen and oxygen atoms in total. The SMILES string of the molecule is COC(=O)c1cnn2c1NC1=C(C(=O)CCC1)[C@H]2c1ccccc1OC. The van der Waals surface area contributed by atoms with Gasteiger partial charge in [-0.1, -0.05) is 18.2 Å². The van der Waals surface area contributed by atoms with Gasteiger partial charge >= 0.3 is 5.97 Å². The van der Waals surface area contributed by atoms with Gasteiger partial charge in [0.25, 0.3) is 0 Å². The van der Waals surface area contributed by atoms with E-state index >= 15 is 0 Å². The van der Waals surface area contributed by atoms with Gasteiger partial charge in [-0.15, -0.1) is 0 Å². The number of esters is 1. The molecule has 0 fully saturated rings. The Hall–Kier alpha value is -3.09. The first-order valence-corrected chi connectivity index (χ1v) is 8.47. The van der Waals surface area contributed by atoms with Gasteiger partial charge in [-0.05, 0) is 18.9 Å². The molecule has 1 aromatic carbocycles. The van der Waals surface area contributed by atoms with E-state index in [1.54, 1.807) is 11.8 Å². The van der Waals surface area contributed by atoms with Gasteiger partial charge in [0.2, 0.25) is 0 Å². The van der Waals surface area contributed by atoms with Crippen LogP contribution in [0.3, 0.4) is 0 Å². The summed E-state index contributed by atoms with van der Waals surface area (Å²) in [7, 11) is 2.93. The van der Waals surface area contributed by atoms with E-state index in [4.69, 9.17) is 9.47 Å².